The van der Waals surface area contributed by atoms with Crippen LogP contribution in [0.3, 0.4) is 0 Å². The number of pyridine rings is 1. The first-order valence-corrected chi connectivity index (χ1v) is 6.48. The van der Waals surface area contributed by atoms with Crippen LogP contribution in [0.5, 0.6) is 0 Å². The third kappa shape index (κ3) is 2.25. The maximum Gasteiger partial charge on any atom is 0.253 e. The molecule has 3 heterocycles. The lowest BCUT2D eigenvalue weighted by Crippen LogP contribution is -2.53. The van der Waals surface area contributed by atoms with Crippen LogP contribution in [0.1, 0.15) is 23.2 Å². The highest BCUT2D eigenvalue weighted by Crippen LogP contribution is 2.25. The number of nitrogens with zero attached hydrogens (tertiary/aromatic N) is 2. The molecule has 0 unspecified atom stereocenters. The maximum absolute atomic E-state index is 12.3. The molecule has 6 heteroatoms. The highest BCUT2D eigenvalue weighted by atomic mass is 16.2. The van der Waals surface area contributed by atoms with E-state index >= 15 is 0 Å². The SMILES string of the molecule is N=C1NCC2(CCN(C(=O)c3ccncc3)CC2)N1. The Bertz CT molecular complexity index is 493. The van der Waals surface area contributed by atoms with E-state index in [4.69, 9.17) is 5.41 Å². The molecule has 100 valence electrons. The second-order valence-electron chi connectivity index (χ2n) is 5.16. The van der Waals surface area contributed by atoms with E-state index in [0.29, 0.717) is 11.5 Å². The molecule has 0 bridgehead atoms. The van der Waals surface area contributed by atoms with Crippen molar-refractivity contribution in [3.05, 3.63) is 30.1 Å². The van der Waals surface area contributed by atoms with Crippen molar-refractivity contribution in [3.63, 3.8) is 0 Å². The van der Waals surface area contributed by atoms with Gasteiger partial charge in [0.2, 0.25) is 0 Å². The smallest absolute Gasteiger partial charge is 0.253 e. The third-order valence-electron chi connectivity index (χ3n) is 3.93. The van der Waals surface area contributed by atoms with Gasteiger partial charge in [0.05, 0.1) is 5.54 Å². The van der Waals surface area contributed by atoms with E-state index in [-0.39, 0.29) is 11.4 Å². The van der Waals surface area contributed by atoms with Crippen LogP contribution in [0.2, 0.25) is 0 Å². The molecular weight excluding hydrogens is 242 g/mol. The molecule has 2 fully saturated rings. The average Bonchev–Trinajstić information content (AvgIpc) is 2.81. The summed E-state index contributed by atoms with van der Waals surface area (Å²) in [6, 6.07) is 3.50. The molecule has 6 nitrogen and oxygen atoms in total. The Labute approximate surface area is 111 Å². The van der Waals surface area contributed by atoms with E-state index in [1.807, 2.05) is 4.90 Å². The Morgan fingerprint density at radius 1 is 1.32 bits per heavy atom. The van der Waals surface area contributed by atoms with E-state index in [2.05, 4.69) is 15.6 Å². The number of aromatic nitrogens is 1. The van der Waals surface area contributed by atoms with Crippen LogP contribution in [0.25, 0.3) is 0 Å². The fraction of sp³-hybridized carbons (Fsp3) is 0.462. The second-order valence-corrected chi connectivity index (χ2v) is 5.16. The van der Waals surface area contributed by atoms with Crippen LogP contribution >= 0.6 is 0 Å². The van der Waals surface area contributed by atoms with Crippen LogP contribution in [0.4, 0.5) is 0 Å². The molecule has 3 N–H and O–H groups in total. The molecule has 0 aliphatic carbocycles. The van der Waals surface area contributed by atoms with Gasteiger partial charge in [0.1, 0.15) is 0 Å². The van der Waals surface area contributed by atoms with E-state index in [1.165, 1.54) is 0 Å². The van der Waals surface area contributed by atoms with Crippen LogP contribution < -0.4 is 10.6 Å². The first kappa shape index (κ1) is 12.0. The fourth-order valence-corrected chi connectivity index (χ4v) is 2.73. The maximum atomic E-state index is 12.3. The Hall–Kier alpha value is -2.11. The number of guanidine groups is 1. The molecule has 3 rings (SSSR count). The minimum absolute atomic E-state index is 0.0356. The highest BCUT2D eigenvalue weighted by Gasteiger charge is 2.39. The topological polar surface area (TPSA) is 81.1 Å². The largest absolute Gasteiger partial charge is 0.354 e. The van der Waals surface area contributed by atoms with Crippen LogP contribution in [-0.2, 0) is 0 Å². The molecule has 0 saturated carbocycles. The van der Waals surface area contributed by atoms with Crippen molar-refractivity contribution in [2.75, 3.05) is 19.6 Å². The normalized spacial score (nSPS) is 21.1. The summed E-state index contributed by atoms with van der Waals surface area (Å²) in [5.74, 6) is 0.465. The lowest BCUT2D eigenvalue weighted by Gasteiger charge is -2.38. The number of rotatable bonds is 1. The van der Waals surface area contributed by atoms with Crippen molar-refractivity contribution < 1.29 is 4.79 Å². The molecule has 0 aromatic carbocycles. The molecule has 1 spiro atoms. The summed E-state index contributed by atoms with van der Waals surface area (Å²) in [6.07, 6.45) is 5.03. The van der Waals surface area contributed by atoms with Gasteiger partial charge in [-0.05, 0) is 25.0 Å². The molecule has 1 aromatic heterocycles. The Morgan fingerprint density at radius 2 is 2.00 bits per heavy atom. The van der Waals surface area contributed by atoms with Crippen molar-refractivity contribution in [1.82, 2.24) is 20.5 Å². The molecule has 2 saturated heterocycles. The molecule has 1 aromatic rings. The summed E-state index contributed by atoms with van der Waals surface area (Å²) in [7, 11) is 0. The minimum Gasteiger partial charge on any atom is -0.354 e. The number of carbonyl (C=O) groups is 1. The zero-order chi connectivity index (χ0) is 13.3. The van der Waals surface area contributed by atoms with E-state index in [0.717, 1.165) is 32.5 Å². The summed E-state index contributed by atoms with van der Waals surface area (Å²) in [5.41, 5.74) is 0.655. The summed E-state index contributed by atoms with van der Waals surface area (Å²) >= 11 is 0. The number of amides is 1. The standard InChI is InChI=1S/C13H17N5O/c14-12-16-9-13(17-12)3-7-18(8-4-13)11(19)10-1-5-15-6-2-10/h1-2,5-6H,3-4,7-9H2,(H3,14,16,17). The molecule has 19 heavy (non-hydrogen) atoms. The number of nitrogens with one attached hydrogen (secondary N) is 3. The fourth-order valence-electron chi connectivity index (χ4n) is 2.73. The summed E-state index contributed by atoms with van der Waals surface area (Å²) in [5, 5.41) is 13.8. The molecule has 2 aliphatic heterocycles. The molecule has 1 amide bonds. The van der Waals surface area contributed by atoms with Crippen molar-refractivity contribution in [1.29, 1.82) is 5.41 Å². The summed E-state index contributed by atoms with van der Waals surface area (Å²) in [4.78, 5) is 18.1. The zero-order valence-electron chi connectivity index (χ0n) is 10.6. The molecule has 2 aliphatic rings. The first-order valence-electron chi connectivity index (χ1n) is 6.48. The van der Waals surface area contributed by atoms with E-state index < -0.39 is 0 Å². The Kier molecular flexibility index (Phi) is 2.85. The van der Waals surface area contributed by atoms with Gasteiger partial charge in [-0.1, -0.05) is 0 Å². The van der Waals surface area contributed by atoms with Crippen molar-refractivity contribution in [3.8, 4) is 0 Å². The molecular formula is C13H17N5O. The predicted octanol–water partition coefficient (Wildman–Crippen LogP) is 0.184. The summed E-state index contributed by atoms with van der Waals surface area (Å²) < 4.78 is 0. The van der Waals surface area contributed by atoms with Crippen molar-refractivity contribution in [2.24, 2.45) is 0 Å². The third-order valence-corrected chi connectivity index (χ3v) is 3.93. The van der Waals surface area contributed by atoms with Gasteiger partial charge in [-0.15, -0.1) is 0 Å². The predicted molar refractivity (Wildman–Crippen MR) is 71.0 cm³/mol. The van der Waals surface area contributed by atoms with Crippen LogP contribution in [-0.4, -0.2) is 46.9 Å². The zero-order valence-corrected chi connectivity index (χ0v) is 10.6. The van der Waals surface area contributed by atoms with Gasteiger partial charge in [0.25, 0.3) is 5.91 Å². The van der Waals surface area contributed by atoms with Crippen molar-refractivity contribution in [2.45, 2.75) is 18.4 Å². The number of piperidine rings is 1. The van der Waals surface area contributed by atoms with Gasteiger partial charge in [0, 0.05) is 37.6 Å². The van der Waals surface area contributed by atoms with Crippen LogP contribution in [0, 0.1) is 5.41 Å². The first-order chi connectivity index (χ1) is 9.19. The van der Waals surface area contributed by atoms with E-state index in [1.54, 1.807) is 24.5 Å². The van der Waals surface area contributed by atoms with Gasteiger partial charge in [0.15, 0.2) is 5.96 Å². The van der Waals surface area contributed by atoms with E-state index in [9.17, 15) is 4.79 Å². The highest BCUT2D eigenvalue weighted by molar-refractivity contribution is 5.94. The lowest BCUT2D eigenvalue weighted by atomic mass is 9.88. The Morgan fingerprint density at radius 3 is 2.58 bits per heavy atom. The van der Waals surface area contributed by atoms with Gasteiger partial charge in [-0.3, -0.25) is 15.2 Å². The number of hydrogen-bond acceptors (Lipinski definition) is 3. The molecule has 0 radical (unpaired) electrons. The Balaban J connectivity index is 1.64. The van der Waals surface area contributed by atoms with Gasteiger partial charge in [-0.2, -0.15) is 0 Å². The van der Waals surface area contributed by atoms with Crippen LogP contribution in [0.15, 0.2) is 24.5 Å². The average molecular weight is 259 g/mol. The number of carbonyl (C=O) groups excluding carboxylic acids is 1. The van der Waals surface area contributed by atoms with Gasteiger partial charge >= 0.3 is 0 Å². The minimum atomic E-state index is -0.0356. The van der Waals surface area contributed by atoms with Crippen molar-refractivity contribution >= 4 is 11.9 Å². The summed E-state index contributed by atoms with van der Waals surface area (Å²) in [6.45, 7) is 2.23. The number of likely N-dealkylation sites (tertiary alicyclic amines) is 1. The lowest BCUT2D eigenvalue weighted by molar-refractivity contribution is 0.0669. The molecule has 0 atom stereocenters. The van der Waals surface area contributed by atoms with Gasteiger partial charge in [-0.25, -0.2) is 0 Å². The second kappa shape index (κ2) is 4.53. The van der Waals surface area contributed by atoms with Gasteiger partial charge < -0.3 is 15.5 Å². The number of hydrogen-bond donors (Lipinski definition) is 3. The monoisotopic (exact) mass is 259 g/mol. The quantitative estimate of drug-likeness (QED) is 0.672.